The maximum absolute atomic E-state index is 4.06. The minimum Gasteiger partial charge on any atom is -0.316 e. The summed E-state index contributed by atoms with van der Waals surface area (Å²) in [6.07, 6.45) is 3.73. The number of hydrogen-bond acceptors (Lipinski definition) is 3. The van der Waals surface area contributed by atoms with E-state index in [1.165, 1.54) is 5.56 Å². The molecule has 0 radical (unpaired) electrons. The summed E-state index contributed by atoms with van der Waals surface area (Å²) in [6, 6.07) is 4.74. The summed E-state index contributed by atoms with van der Waals surface area (Å²) in [5, 5.41) is 3.55. The number of rotatable bonds is 8. The van der Waals surface area contributed by atoms with E-state index in [4.69, 9.17) is 0 Å². The highest BCUT2D eigenvalue weighted by molar-refractivity contribution is 5.09. The Labute approximate surface area is 118 Å². The van der Waals surface area contributed by atoms with Gasteiger partial charge in [-0.15, -0.1) is 0 Å². The third-order valence-electron chi connectivity index (χ3n) is 3.72. The maximum Gasteiger partial charge on any atom is 0.0271 e. The molecule has 0 aromatic carbocycles. The smallest absolute Gasteiger partial charge is 0.0271 e. The Balaban J connectivity index is 2.36. The van der Waals surface area contributed by atoms with Crippen LogP contribution in [0.5, 0.6) is 0 Å². The fourth-order valence-corrected chi connectivity index (χ4v) is 2.12. The lowest BCUT2D eigenvalue weighted by molar-refractivity contribution is 0.188. The normalized spacial score (nSPS) is 14.9. The highest BCUT2D eigenvalue weighted by atomic mass is 15.1. The molecule has 1 aromatic heterocycles. The van der Waals surface area contributed by atoms with E-state index in [9.17, 15) is 0 Å². The molecule has 0 aliphatic heterocycles. The van der Waals surface area contributed by atoms with Crippen molar-refractivity contribution in [1.29, 1.82) is 0 Å². The highest BCUT2D eigenvalue weighted by Crippen LogP contribution is 2.12. The van der Waals surface area contributed by atoms with Crippen LogP contribution in [0.3, 0.4) is 0 Å². The van der Waals surface area contributed by atoms with Gasteiger partial charge in [-0.1, -0.05) is 20.8 Å². The Morgan fingerprint density at radius 1 is 1.11 bits per heavy atom. The van der Waals surface area contributed by atoms with Gasteiger partial charge in [0.25, 0.3) is 0 Å². The SMILES string of the molecule is CC(C)CNCC(C)C(C)N(C)Cc1ccncc1. The molecule has 1 heterocycles. The molecule has 0 amide bonds. The van der Waals surface area contributed by atoms with Gasteiger partial charge < -0.3 is 5.32 Å². The first kappa shape index (κ1) is 16.1. The third-order valence-corrected chi connectivity index (χ3v) is 3.72. The number of hydrogen-bond donors (Lipinski definition) is 1. The molecule has 1 rings (SSSR count). The summed E-state index contributed by atoms with van der Waals surface area (Å²) in [5.74, 6) is 1.36. The monoisotopic (exact) mass is 263 g/mol. The predicted octanol–water partition coefficient (Wildman–Crippen LogP) is 2.78. The van der Waals surface area contributed by atoms with Gasteiger partial charge in [-0.25, -0.2) is 0 Å². The Hall–Kier alpha value is -0.930. The quantitative estimate of drug-likeness (QED) is 0.781. The first-order valence-electron chi connectivity index (χ1n) is 7.30. The van der Waals surface area contributed by atoms with Crippen LogP contribution in [0.4, 0.5) is 0 Å². The van der Waals surface area contributed by atoms with E-state index < -0.39 is 0 Å². The third kappa shape index (κ3) is 6.17. The van der Waals surface area contributed by atoms with Crippen molar-refractivity contribution in [2.75, 3.05) is 20.1 Å². The van der Waals surface area contributed by atoms with E-state index in [0.29, 0.717) is 12.0 Å². The minimum absolute atomic E-state index is 0.563. The van der Waals surface area contributed by atoms with E-state index in [-0.39, 0.29) is 0 Å². The fraction of sp³-hybridized carbons (Fsp3) is 0.688. The number of nitrogens with zero attached hydrogens (tertiary/aromatic N) is 2. The molecule has 0 saturated carbocycles. The van der Waals surface area contributed by atoms with E-state index in [0.717, 1.165) is 25.6 Å². The minimum atomic E-state index is 0.563. The van der Waals surface area contributed by atoms with Crippen LogP contribution in [-0.4, -0.2) is 36.1 Å². The number of nitrogens with one attached hydrogen (secondary N) is 1. The van der Waals surface area contributed by atoms with Gasteiger partial charge >= 0.3 is 0 Å². The fourth-order valence-electron chi connectivity index (χ4n) is 2.12. The van der Waals surface area contributed by atoms with Crippen molar-refractivity contribution in [3.8, 4) is 0 Å². The zero-order valence-corrected chi connectivity index (χ0v) is 13.1. The van der Waals surface area contributed by atoms with Crippen LogP contribution in [0, 0.1) is 11.8 Å². The molecule has 2 unspecified atom stereocenters. The first-order valence-corrected chi connectivity index (χ1v) is 7.30. The van der Waals surface area contributed by atoms with Crippen LogP contribution in [0.25, 0.3) is 0 Å². The van der Waals surface area contributed by atoms with Crippen LogP contribution in [0.1, 0.15) is 33.3 Å². The molecule has 2 atom stereocenters. The molecule has 0 aliphatic rings. The van der Waals surface area contributed by atoms with Crippen molar-refractivity contribution in [1.82, 2.24) is 15.2 Å². The lowest BCUT2D eigenvalue weighted by Crippen LogP contribution is -2.39. The molecule has 0 fully saturated rings. The van der Waals surface area contributed by atoms with Gasteiger partial charge in [-0.3, -0.25) is 9.88 Å². The molecule has 1 aromatic rings. The van der Waals surface area contributed by atoms with Gasteiger partial charge in [-0.2, -0.15) is 0 Å². The van der Waals surface area contributed by atoms with Crippen LogP contribution in [0.2, 0.25) is 0 Å². The topological polar surface area (TPSA) is 28.2 Å². The van der Waals surface area contributed by atoms with Crippen molar-refractivity contribution >= 4 is 0 Å². The molecule has 0 spiro atoms. The van der Waals surface area contributed by atoms with Gasteiger partial charge in [0.1, 0.15) is 0 Å². The summed E-state index contributed by atoms with van der Waals surface area (Å²) in [6.45, 7) is 12.3. The van der Waals surface area contributed by atoms with Crippen LogP contribution >= 0.6 is 0 Å². The molecule has 0 bridgehead atoms. The van der Waals surface area contributed by atoms with E-state index >= 15 is 0 Å². The van der Waals surface area contributed by atoms with Crippen LogP contribution in [-0.2, 0) is 6.54 Å². The zero-order valence-electron chi connectivity index (χ0n) is 13.1. The molecule has 3 nitrogen and oxygen atoms in total. The second kappa shape index (κ2) is 8.28. The average molecular weight is 263 g/mol. The Bertz CT molecular complexity index is 337. The number of aromatic nitrogens is 1. The molecule has 0 saturated heterocycles. The van der Waals surface area contributed by atoms with Crippen molar-refractivity contribution in [3.05, 3.63) is 30.1 Å². The lowest BCUT2D eigenvalue weighted by atomic mass is 10.0. The second-order valence-corrected chi connectivity index (χ2v) is 6.04. The molecular weight excluding hydrogens is 234 g/mol. The largest absolute Gasteiger partial charge is 0.316 e. The van der Waals surface area contributed by atoms with Crippen molar-refractivity contribution in [2.24, 2.45) is 11.8 Å². The first-order chi connectivity index (χ1) is 9.00. The van der Waals surface area contributed by atoms with Crippen LogP contribution in [0.15, 0.2) is 24.5 Å². The van der Waals surface area contributed by atoms with Crippen molar-refractivity contribution < 1.29 is 0 Å². The molecule has 3 heteroatoms. The van der Waals surface area contributed by atoms with E-state index in [1.807, 2.05) is 12.4 Å². The highest BCUT2D eigenvalue weighted by Gasteiger charge is 2.16. The van der Waals surface area contributed by atoms with Gasteiger partial charge in [0.15, 0.2) is 0 Å². The van der Waals surface area contributed by atoms with Crippen molar-refractivity contribution in [2.45, 2.75) is 40.3 Å². The molecule has 1 N–H and O–H groups in total. The Morgan fingerprint density at radius 3 is 2.32 bits per heavy atom. The van der Waals surface area contributed by atoms with Crippen molar-refractivity contribution in [3.63, 3.8) is 0 Å². The average Bonchev–Trinajstić information content (AvgIpc) is 2.38. The summed E-state index contributed by atoms with van der Waals surface area (Å²) >= 11 is 0. The van der Waals surface area contributed by atoms with E-state index in [2.05, 4.69) is 62.1 Å². The maximum atomic E-state index is 4.06. The molecule has 0 aliphatic carbocycles. The van der Waals surface area contributed by atoms with Gasteiger partial charge in [0.2, 0.25) is 0 Å². The Kier molecular flexibility index (Phi) is 7.03. The molecular formula is C16H29N3. The van der Waals surface area contributed by atoms with Gasteiger partial charge in [-0.05, 0) is 56.6 Å². The number of pyridine rings is 1. The summed E-state index contributed by atoms with van der Waals surface area (Å²) in [5.41, 5.74) is 1.33. The molecule has 108 valence electrons. The van der Waals surface area contributed by atoms with Gasteiger partial charge in [0.05, 0.1) is 0 Å². The Morgan fingerprint density at radius 2 is 1.74 bits per heavy atom. The molecule has 19 heavy (non-hydrogen) atoms. The lowest BCUT2D eigenvalue weighted by Gasteiger charge is -2.30. The van der Waals surface area contributed by atoms with Gasteiger partial charge in [0, 0.05) is 25.0 Å². The summed E-state index contributed by atoms with van der Waals surface area (Å²) in [7, 11) is 2.20. The summed E-state index contributed by atoms with van der Waals surface area (Å²) < 4.78 is 0. The van der Waals surface area contributed by atoms with E-state index in [1.54, 1.807) is 0 Å². The van der Waals surface area contributed by atoms with Crippen LogP contribution < -0.4 is 5.32 Å². The standard InChI is InChI=1S/C16H29N3/c1-13(2)10-18-11-14(3)15(4)19(5)12-16-6-8-17-9-7-16/h6-9,13-15,18H,10-12H2,1-5H3. The summed E-state index contributed by atoms with van der Waals surface area (Å²) in [4.78, 5) is 6.47. The zero-order chi connectivity index (χ0) is 14.3. The second-order valence-electron chi connectivity index (χ2n) is 6.04. The predicted molar refractivity (Wildman–Crippen MR) is 82.0 cm³/mol.